The second-order valence-electron chi connectivity index (χ2n) is 6.81. The van der Waals surface area contributed by atoms with E-state index in [-0.39, 0.29) is 6.42 Å². The van der Waals surface area contributed by atoms with E-state index in [2.05, 4.69) is 31.2 Å². The first-order valence-electron chi connectivity index (χ1n) is 7.78. The SMILES string of the molecule is C=CCc1cn(C2OC(CCP(=C)(C)C)[C@@H](O)[C@H]2O)c(=O)[nH]c1=O. The number of nitrogens with zero attached hydrogens (tertiary/aromatic N) is 1. The maximum Gasteiger partial charge on any atom is 0.330 e. The summed E-state index contributed by atoms with van der Waals surface area (Å²) >= 11 is 0. The molecule has 1 fully saturated rings. The Kier molecular flexibility index (Phi) is 5.71. The number of allylic oxidation sites excluding steroid dienone is 1. The molecule has 0 amide bonds. The number of nitrogens with one attached hydrogen (secondary N) is 1. The van der Waals surface area contributed by atoms with Crippen LogP contribution < -0.4 is 11.2 Å². The second kappa shape index (κ2) is 7.23. The van der Waals surface area contributed by atoms with Gasteiger partial charge in [0.1, 0.15) is 12.2 Å². The molecule has 0 bridgehead atoms. The van der Waals surface area contributed by atoms with Gasteiger partial charge in [0.05, 0.1) is 6.10 Å². The van der Waals surface area contributed by atoms with Crippen molar-refractivity contribution < 1.29 is 14.9 Å². The number of hydrogen-bond acceptors (Lipinski definition) is 5. The first-order valence-corrected chi connectivity index (χ1v) is 10.8. The van der Waals surface area contributed by atoms with Crippen LogP contribution in [0.5, 0.6) is 0 Å². The molecular formula is C16H25N2O5P. The number of aromatic nitrogens is 2. The lowest BCUT2D eigenvalue weighted by atomic mass is 10.1. The third-order valence-electron chi connectivity index (χ3n) is 4.04. The largest absolute Gasteiger partial charge is 0.388 e. The van der Waals surface area contributed by atoms with Gasteiger partial charge in [-0.25, -0.2) is 4.79 Å². The summed E-state index contributed by atoms with van der Waals surface area (Å²) in [5.41, 5.74) is -0.845. The van der Waals surface area contributed by atoms with Gasteiger partial charge < -0.3 is 14.9 Å². The van der Waals surface area contributed by atoms with Crippen molar-refractivity contribution in [3.8, 4) is 0 Å². The molecule has 2 heterocycles. The number of aliphatic hydroxyl groups excluding tert-OH is 2. The number of aromatic amines is 1. The Bertz CT molecular complexity index is 762. The Morgan fingerprint density at radius 1 is 1.38 bits per heavy atom. The number of aliphatic hydroxyl groups is 2. The van der Waals surface area contributed by atoms with Crippen molar-refractivity contribution in [3.63, 3.8) is 0 Å². The summed E-state index contributed by atoms with van der Waals surface area (Å²) in [6.45, 7) is 6.44. The highest BCUT2D eigenvalue weighted by molar-refractivity contribution is 7.72. The molecule has 1 aromatic heterocycles. The first kappa shape index (κ1) is 18.9. The molecule has 24 heavy (non-hydrogen) atoms. The van der Waals surface area contributed by atoms with Gasteiger partial charge in [-0.3, -0.25) is 14.3 Å². The van der Waals surface area contributed by atoms with E-state index in [0.717, 1.165) is 10.7 Å². The zero-order valence-electron chi connectivity index (χ0n) is 14.0. The van der Waals surface area contributed by atoms with Crippen LogP contribution in [0.3, 0.4) is 0 Å². The highest BCUT2D eigenvalue weighted by Crippen LogP contribution is 2.39. The Hall–Kier alpha value is -1.40. The van der Waals surface area contributed by atoms with Crippen molar-refractivity contribution >= 4 is 13.2 Å². The predicted octanol–water partition coefficient (Wildman–Crippen LogP) is -0.0164. The van der Waals surface area contributed by atoms with Crippen molar-refractivity contribution in [2.45, 2.75) is 37.4 Å². The average molecular weight is 356 g/mol. The Morgan fingerprint density at radius 2 is 2.04 bits per heavy atom. The van der Waals surface area contributed by atoms with Crippen LogP contribution in [-0.4, -0.2) is 63.9 Å². The van der Waals surface area contributed by atoms with E-state index in [1.54, 1.807) is 6.08 Å². The topological polar surface area (TPSA) is 105 Å². The first-order chi connectivity index (χ1) is 11.1. The van der Waals surface area contributed by atoms with Gasteiger partial charge in [0.15, 0.2) is 6.23 Å². The highest BCUT2D eigenvalue weighted by Gasteiger charge is 2.43. The van der Waals surface area contributed by atoms with Crippen LogP contribution in [0.1, 0.15) is 18.2 Å². The minimum atomic E-state index is -1.29. The smallest absolute Gasteiger partial charge is 0.330 e. The average Bonchev–Trinajstić information content (AvgIpc) is 2.75. The van der Waals surface area contributed by atoms with Gasteiger partial charge in [0, 0.05) is 11.8 Å². The van der Waals surface area contributed by atoms with E-state index in [9.17, 15) is 19.8 Å². The summed E-state index contributed by atoms with van der Waals surface area (Å²) in [6.07, 6.45) is 4.69. The lowest BCUT2D eigenvalue weighted by Crippen LogP contribution is -2.38. The van der Waals surface area contributed by atoms with Gasteiger partial charge >= 0.3 is 5.69 Å². The molecule has 3 N–H and O–H groups in total. The molecule has 1 aliphatic rings. The van der Waals surface area contributed by atoms with Crippen molar-refractivity contribution in [2.75, 3.05) is 19.5 Å². The van der Waals surface area contributed by atoms with Crippen molar-refractivity contribution in [1.82, 2.24) is 9.55 Å². The second-order valence-corrected chi connectivity index (χ2v) is 11.1. The third-order valence-corrected chi connectivity index (χ3v) is 5.50. The zero-order valence-corrected chi connectivity index (χ0v) is 14.9. The Balaban J connectivity index is 2.28. The van der Waals surface area contributed by atoms with E-state index < -0.39 is 42.7 Å². The van der Waals surface area contributed by atoms with Gasteiger partial charge in [0.2, 0.25) is 0 Å². The molecule has 134 valence electrons. The van der Waals surface area contributed by atoms with Gasteiger partial charge in [-0.05, 0) is 32.3 Å². The van der Waals surface area contributed by atoms with Crippen molar-refractivity contribution in [2.24, 2.45) is 0 Å². The fourth-order valence-electron chi connectivity index (χ4n) is 2.69. The lowest BCUT2D eigenvalue weighted by Gasteiger charge is -2.19. The van der Waals surface area contributed by atoms with Gasteiger partial charge in [0.25, 0.3) is 5.56 Å². The van der Waals surface area contributed by atoms with Crippen LogP contribution in [0, 0.1) is 0 Å². The summed E-state index contributed by atoms with van der Waals surface area (Å²) in [5.74, 6) is 0. The molecule has 0 radical (unpaired) electrons. The highest BCUT2D eigenvalue weighted by atomic mass is 31.2. The summed E-state index contributed by atoms with van der Waals surface area (Å²) in [7, 11) is 0. The summed E-state index contributed by atoms with van der Waals surface area (Å²) in [5, 5.41) is 20.5. The molecule has 1 saturated heterocycles. The maximum atomic E-state index is 12.1. The molecule has 0 spiro atoms. The molecule has 0 saturated carbocycles. The monoisotopic (exact) mass is 356 g/mol. The summed E-state index contributed by atoms with van der Waals surface area (Å²) < 4.78 is 6.85. The van der Waals surface area contributed by atoms with Crippen LogP contribution in [0.4, 0.5) is 0 Å². The van der Waals surface area contributed by atoms with Crippen LogP contribution in [0.15, 0.2) is 28.4 Å². The van der Waals surface area contributed by atoms with E-state index in [1.165, 1.54) is 6.20 Å². The van der Waals surface area contributed by atoms with Crippen LogP contribution >= 0.6 is 6.89 Å². The Morgan fingerprint density at radius 3 is 2.62 bits per heavy atom. The molecule has 4 atom stereocenters. The summed E-state index contributed by atoms with van der Waals surface area (Å²) in [4.78, 5) is 26.0. The van der Waals surface area contributed by atoms with Crippen LogP contribution in [0.25, 0.3) is 0 Å². The van der Waals surface area contributed by atoms with E-state index in [4.69, 9.17) is 4.74 Å². The van der Waals surface area contributed by atoms with Gasteiger partial charge in [-0.15, -0.1) is 19.8 Å². The minimum absolute atomic E-state index is 0.282. The lowest BCUT2D eigenvalue weighted by molar-refractivity contribution is -0.0403. The predicted molar refractivity (Wildman–Crippen MR) is 96.5 cm³/mol. The van der Waals surface area contributed by atoms with E-state index in [0.29, 0.717) is 12.0 Å². The fraction of sp³-hybridized carbons (Fsp3) is 0.562. The molecule has 7 nitrogen and oxygen atoms in total. The van der Waals surface area contributed by atoms with Crippen LogP contribution in [-0.2, 0) is 11.2 Å². The molecular weight excluding hydrogens is 331 g/mol. The van der Waals surface area contributed by atoms with Crippen LogP contribution in [0.2, 0.25) is 0 Å². The number of ether oxygens (including phenoxy) is 1. The van der Waals surface area contributed by atoms with Gasteiger partial charge in [-0.1, -0.05) is 6.08 Å². The van der Waals surface area contributed by atoms with Crippen molar-refractivity contribution in [1.29, 1.82) is 0 Å². The fourth-order valence-corrected chi connectivity index (χ4v) is 3.64. The molecule has 8 heteroatoms. The maximum absolute atomic E-state index is 12.1. The molecule has 0 aromatic carbocycles. The summed E-state index contributed by atoms with van der Waals surface area (Å²) in [6, 6.07) is 0. The quantitative estimate of drug-likeness (QED) is 0.491. The molecule has 2 rings (SSSR count). The molecule has 0 aliphatic carbocycles. The molecule has 1 aliphatic heterocycles. The van der Waals surface area contributed by atoms with Gasteiger partial charge in [-0.2, -0.15) is 0 Å². The van der Waals surface area contributed by atoms with E-state index >= 15 is 0 Å². The third kappa shape index (κ3) is 4.16. The molecule has 2 unspecified atom stereocenters. The number of rotatable bonds is 6. The normalized spacial score (nSPS) is 27.3. The standard InChI is InChI=1S/C16H25N2O5P/c1-5-6-10-9-18(16(22)17-14(10)21)15-13(20)12(19)11(23-15)7-8-24(2,3)4/h5,9,11-13,15,19-20H,1-2,6-8H2,3-4H3,(H,17,21,22)/t11?,12-,13-,15?/m1/s1. The Labute approximate surface area is 140 Å². The van der Waals surface area contributed by atoms with Crippen molar-refractivity contribution in [3.05, 3.63) is 45.3 Å². The number of H-pyrrole nitrogens is 1. The number of hydrogen-bond donors (Lipinski definition) is 3. The zero-order chi connectivity index (χ0) is 18.1. The molecule has 1 aromatic rings. The minimum Gasteiger partial charge on any atom is -0.388 e. The van der Waals surface area contributed by atoms with E-state index in [1.807, 2.05) is 0 Å².